The molecule has 18 heavy (non-hydrogen) atoms. The number of anilines is 1. The van der Waals surface area contributed by atoms with E-state index < -0.39 is 6.23 Å². The third-order valence-corrected chi connectivity index (χ3v) is 4.50. The van der Waals surface area contributed by atoms with Crippen molar-refractivity contribution < 1.29 is 9.90 Å². The van der Waals surface area contributed by atoms with Gasteiger partial charge >= 0.3 is 6.03 Å². The van der Waals surface area contributed by atoms with E-state index in [2.05, 4.69) is 25.1 Å². The Kier molecular flexibility index (Phi) is 3.11. The molecule has 1 saturated heterocycles. The molecule has 0 saturated carbocycles. The minimum absolute atomic E-state index is 0.00115. The zero-order chi connectivity index (χ0) is 13.7. The van der Waals surface area contributed by atoms with Gasteiger partial charge in [-0.25, -0.2) is 9.69 Å². The lowest BCUT2D eigenvalue weighted by Crippen LogP contribution is -2.35. The van der Waals surface area contributed by atoms with E-state index in [4.69, 9.17) is 0 Å². The Morgan fingerprint density at radius 3 is 2.44 bits per heavy atom. The minimum atomic E-state index is -0.836. The summed E-state index contributed by atoms with van der Waals surface area (Å²) in [4.78, 5) is 16.0. The molecule has 1 N–H and O–H groups in total. The lowest BCUT2D eigenvalue weighted by atomic mass is 9.95. The first kappa shape index (κ1) is 13.3. The van der Waals surface area contributed by atoms with Gasteiger partial charge in [0.2, 0.25) is 0 Å². The number of urea groups is 1. The number of amides is 2. The number of hydrogen-bond acceptors (Lipinski definition) is 4. The van der Waals surface area contributed by atoms with E-state index in [1.165, 1.54) is 21.3 Å². The summed E-state index contributed by atoms with van der Waals surface area (Å²) in [5.41, 5.74) is 0.00115. The van der Waals surface area contributed by atoms with E-state index >= 15 is 0 Å². The van der Waals surface area contributed by atoms with Crippen molar-refractivity contribution in [2.45, 2.75) is 45.4 Å². The van der Waals surface area contributed by atoms with Crippen LogP contribution >= 0.6 is 11.5 Å². The molecule has 2 amide bonds. The summed E-state index contributed by atoms with van der Waals surface area (Å²) in [6.07, 6.45) is -0.836. The van der Waals surface area contributed by atoms with Crippen molar-refractivity contribution in [2.24, 2.45) is 0 Å². The number of hydrogen-bond donors (Lipinski definition) is 1. The zero-order valence-corrected chi connectivity index (χ0v) is 12.2. The molecule has 2 unspecified atom stereocenters. The second-order valence-corrected chi connectivity index (χ2v) is 6.52. The molecule has 2 heterocycles. The monoisotopic (exact) mass is 269 g/mol. The van der Waals surface area contributed by atoms with Crippen molar-refractivity contribution in [3.8, 4) is 0 Å². The molecule has 0 aliphatic carbocycles. The normalized spacial score (nSPS) is 25.1. The first-order chi connectivity index (χ1) is 8.23. The van der Waals surface area contributed by atoms with E-state index in [-0.39, 0.29) is 17.5 Å². The van der Waals surface area contributed by atoms with Crippen LogP contribution in [0.25, 0.3) is 0 Å². The van der Waals surface area contributed by atoms with E-state index in [1.54, 1.807) is 7.05 Å². The van der Waals surface area contributed by atoms with Crippen LogP contribution in [-0.4, -0.2) is 39.7 Å². The number of carbonyl (C=O) groups is 1. The van der Waals surface area contributed by atoms with Crippen molar-refractivity contribution in [1.82, 2.24) is 9.27 Å². The Morgan fingerprint density at radius 1 is 1.44 bits per heavy atom. The third kappa shape index (κ3) is 1.99. The molecule has 1 fully saturated rings. The van der Waals surface area contributed by atoms with Gasteiger partial charge in [-0.2, -0.15) is 4.37 Å². The van der Waals surface area contributed by atoms with Gasteiger partial charge in [-0.05, 0) is 29.9 Å². The smallest absolute Gasteiger partial charge is 0.328 e. The maximum Gasteiger partial charge on any atom is 0.328 e. The van der Waals surface area contributed by atoms with Gasteiger partial charge in [-0.3, -0.25) is 0 Å². The standard InChI is InChI=1S/C12H19N3O2S/c1-7-10(16)15(11(17)14(7)5)9-6-8(18-13-9)12(2,3)4/h6-7,10,16H,1-5H3. The van der Waals surface area contributed by atoms with E-state index in [9.17, 15) is 9.90 Å². The number of aliphatic hydroxyl groups is 1. The molecule has 1 aliphatic heterocycles. The molecule has 6 heteroatoms. The molecule has 0 spiro atoms. The third-order valence-electron chi connectivity index (χ3n) is 3.30. The second kappa shape index (κ2) is 4.20. The Bertz CT molecular complexity index is 466. The van der Waals surface area contributed by atoms with Gasteiger partial charge in [0, 0.05) is 11.9 Å². The van der Waals surface area contributed by atoms with Gasteiger partial charge in [0.1, 0.15) is 0 Å². The highest BCUT2D eigenvalue weighted by Crippen LogP contribution is 2.33. The number of nitrogens with zero attached hydrogens (tertiary/aromatic N) is 3. The predicted octanol–water partition coefficient (Wildman–Crippen LogP) is 2.02. The first-order valence-corrected chi connectivity index (χ1v) is 6.72. The van der Waals surface area contributed by atoms with Crippen LogP contribution in [-0.2, 0) is 5.41 Å². The SMILES string of the molecule is CC1C(O)N(c2cc(C(C)(C)C)sn2)C(=O)N1C. The van der Waals surface area contributed by atoms with Crippen molar-refractivity contribution >= 4 is 23.4 Å². The van der Waals surface area contributed by atoms with Crippen LogP contribution in [0.5, 0.6) is 0 Å². The lowest BCUT2D eigenvalue weighted by molar-refractivity contribution is 0.138. The summed E-state index contributed by atoms with van der Waals surface area (Å²) in [6, 6.07) is 1.45. The Balaban J connectivity index is 2.33. The van der Waals surface area contributed by atoms with Crippen molar-refractivity contribution in [1.29, 1.82) is 0 Å². The van der Waals surface area contributed by atoms with Crippen LogP contribution in [0.4, 0.5) is 10.6 Å². The highest BCUT2D eigenvalue weighted by Gasteiger charge is 2.42. The van der Waals surface area contributed by atoms with E-state index in [0.29, 0.717) is 5.82 Å². The fourth-order valence-electron chi connectivity index (χ4n) is 1.84. The fourth-order valence-corrected chi connectivity index (χ4v) is 2.60. The molecule has 2 atom stereocenters. The zero-order valence-electron chi connectivity index (χ0n) is 11.3. The molecular formula is C12H19N3O2S. The summed E-state index contributed by atoms with van der Waals surface area (Å²) in [5, 5.41) is 10.1. The van der Waals surface area contributed by atoms with Gasteiger partial charge < -0.3 is 10.0 Å². The van der Waals surface area contributed by atoms with Gasteiger partial charge in [0.05, 0.1) is 6.04 Å². The largest absolute Gasteiger partial charge is 0.371 e. The molecular weight excluding hydrogens is 250 g/mol. The van der Waals surface area contributed by atoms with Crippen LogP contribution in [0, 0.1) is 0 Å². The molecule has 1 aliphatic rings. The predicted molar refractivity (Wildman–Crippen MR) is 71.9 cm³/mol. The van der Waals surface area contributed by atoms with Crippen molar-refractivity contribution in [3.63, 3.8) is 0 Å². The number of aromatic nitrogens is 1. The Hall–Kier alpha value is -1.14. The molecule has 5 nitrogen and oxygen atoms in total. The molecule has 100 valence electrons. The topological polar surface area (TPSA) is 56.7 Å². The summed E-state index contributed by atoms with van der Waals surface area (Å²) in [7, 11) is 1.69. The number of rotatable bonds is 1. The molecule has 1 aromatic rings. The molecule has 1 aromatic heterocycles. The Labute approximate surface area is 111 Å². The van der Waals surface area contributed by atoms with Gasteiger partial charge in [0.15, 0.2) is 12.0 Å². The lowest BCUT2D eigenvalue weighted by Gasteiger charge is -2.18. The highest BCUT2D eigenvalue weighted by molar-refractivity contribution is 7.06. The van der Waals surface area contributed by atoms with Gasteiger partial charge in [0.25, 0.3) is 0 Å². The van der Waals surface area contributed by atoms with Crippen LogP contribution in [0.2, 0.25) is 0 Å². The summed E-state index contributed by atoms with van der Waals surface area (Å²) in [6.45, 7) is 8.11. The number of carbonyl (C=O) groups excluding carboxylic acids is 1. The summed E-state index contributed by atoms with van der Waals surface area (Å²) < 4.78 is 4.29. The number of aliphatic hydroxyl groups excluding tert-OH is 1. The minimum Gasteiger partial charge on any atom is -0.371 e. The Morgan fingerprint density at radius 2 is 2.06 bits per heavy atom. The van der Waals surface area contributed by atoms with Crippen LogP contribution < -0.4 is 4.90 Å². The second-order valence-electron chi connectivity index (χ2n) is 5.72. The van der Waals surface area contributed by atoms with Gasteiger partial charge in [-0.1, -0.05) is 20.8 Å². The van der Waals surface area contributed by atoms with Crippen LogP contribution in [0.3, 0.4) is 0 Å². The van der Waals surface area contributed by atoms with Crippen LogP contribution in [0.1, 0.15) is 32.6 Å². The summed E-state index contributed by atoms with van der Waals surface area (Å²) >= 11 is 1.38. The van der Waals surface area contributed by atoms with E-state index in [1.807, 2.05) is 13.0 Å². The van der Waals surface area contributed by atoms with Crippen molar-refractivity contribution in [3.05, 3.63) is 10.9 Å². The quantitative estimate of drug-likeness (QED) is 0.848. The molecule has 0 bridgehead atoms. The molecule has 0 aromatic carbocycles. The van der Waals surface area contributed by atoms with Crippen molar-refractivity contribution in [2.75, 3.05) is 11.9 Å². The highest BCUT2D eigenvalue weighted by atomic mass is 32.1. The first-order valence-electron chi connectivity index (χ1n) is 5.95. The summed E-state index contributed by atoms with van der Waals surface area (Å²) in [5.74, 6) is 0.540. The average Bonchev–Trinajstić information content (AvgIpc) is 2.81. The maximum absolute atomic E-state index is 12.0. The van der Waals surface area contributed by atoms with Gasteiger partial charge in [-0.15, -0.1) is 0 Å². The average molecular weight is 269 g/mol. The fraction of sp³-hybridized carbons (Fsp3) is 0.667. The van der Waals surface area contributed by atoms with E-state index in [0.717, 1.165) is 4.88 Å². The molecule has 2 rings (SSSR count). The van der Waals surface area contributed by atoms with Crippen LogP contribution in [0.15, 0.2) is 6.07 Å². The number of likely N-dealkylation sites (N-methyl/N-ethyl adjacent to an activating group) is 1. The maximum atomic E-state index is 12.0. The molecule has 0 radical (unpaired) electrons.